The molecule has 5 heteroatoms. The summed E-state index contributed by atoms with van der Waals surface area (Å²) in [4.78, 5) is 11.6. The lowest BCUT2D eigenvalue weighted by Crippen LogP contribution is -2.08. The highest BCUT2D eigenvalue weighted by molar-refractivity contribution is 9.10. The Kier molecular flexibility index (Phi) is 7.42. The molecule has 1 unspecified atom stereocenters. The Bertz CT molecular complexity index is 599. The zero-order valence-electron chi connectivity index (χ0n) is 12.5. The molecule has 118 valence electrons. The summed E-state index contributed by atoms with van der Waals surface area (Å²) in [5.41, 5.74) is 2.75. The summed E-state index contributed by atoms with van der Waals surface area (Å²) >= 11 is 3.42. The third-order valence-corrected chi connectivity index (χ3v) is 3.68. The molecule has 0 aliphatic carbocycles. The van der Waals surface area contributed by atoms with Crippen LogP contribution in [0.25, 0.3) is 0 Å². The number of carbonyl (C=O) groups is 1. The van der Waals surface area contributed by atoms with Gasteiger partial charge >= 0.3 is 5.97 Å². The number of carbonyl (C=O) groups excluding carboxylic acids is 1. The lowest BCUT2D eigenvalue weighted by atomic mass is 10.1. The Morgan fingerprint density at radius 1 is 1.14 bits per heavy atom. The molecule has 0 saturated carbocycles. The first kappa shape index (κ1) is 18.5. The van der Waals surface area contributed by atoms with Crippen molar-refractivity contribution in [3.63, 3.8) is 0 Å². The molecule has 0 radical (unpaired) electrons. The summed E-state index contributed by atoms with van der Waals surface area (Å²) in [6.07, 6.45) is 0. The molecule has 1 atom stereocenters. The minimum Gasteiger partial charge on any atom is -0.462 e. The van der Waals surface area contributed by atoms with Crippen molar-refractivity contribution >= 4 is 40.0 Å². The van der Waals surface area contributed by atoms with E-state index in [9.17, 15) is 4.79 Å². The van der Waals surface area contributed by atoms with E-state index < -0.39 is 0 Å². The van der Waals surface area contributed by atoms with Crippen LogP contribution in [0.1, 0.15) is 35.8 Å². The van der Waals surface area contributed by atoms with E-state index in [0.717, 1.165) is 15.7 Å². The number of hydrogen-bond acceptors (Lipinski definition) is 3. The highest BCUT2D eigenvalue weighted by Crippen LogP contribution is 2.21. The highest BCUT2D eigenvalue weighted by atomic mass is 79.9. The molecule has 2 aromatic rings. The van der Waals surface area contributed by atoms with Crippen LogP contribution in [0.4, 0.5) is 5.69 Å². The predicted molar refractivity (Wildman–Crippen MR) is 95.8 cm³/mol. The van der Waals surface area contributed by atoms with Gasteiger partial charge in [0, 0.05) is 16.2 Å². The highest BCUT2D eigenvalue weighted by Gasteiger charge is 2.09. The largest absolute Gasteiger partial charge is 0.462 e. The van der Waals surface area contributed by atoms with Crippen LogP contribution >= 0.6 is 28.3 Å². The molecular weight excluding hydrogens is 366 g/mol. The third kappa shape index (κ3) is 5.04. The van der Waals surface area contributed by atoms with Crippen molar-refractivity contribution in [3.8, 4) is 0 Å². The molecule has 3 nitrogen and oxygen atoms in total. The zero-order valence-corrected chi connectivity index (χ0v) is 14.9. The van der Waals surface area contributed by atoms with E-state index in [1.807, 2.05) is 36.4 Å². The van der Waals surface area contributed by atoms with Crippen molar-refractivity contribution in [2.24, 2.45) is 0 Å². The summed E-state index contributed by atoms with van der Waals surface area (Å²) in [5, 5.41) is 3.42. The van der Waals surface area contributed by atoms with Crippen molar-refractivity contribution < 1.29 is 9.53 Å². The second kappa shape index (κ2) is 8.81. The maximum Gasteiger partial charge on any atom is 0.338 e. The molecule has 0 saturated heterocycles. The van der Waals surface area contributed by atoms with Gasteiger partial charge in [0.15, 0.2) is 0 Å². The topological polar surface area (TPSA) is 38.3 Å². The molecule has 0 bridgehead atoms. The lowest BCUT2D eigenvalue weighted by Gasteiger charge is -2.16. The van der Waals surface area contributed by atoms with Gasteiger partial charge in [-0.3, -0.25) is 0 Å². The fourth-order valence-corrected chi connectivity index (χ4v) is 2.27. The number of rotatable bonds is 5. The molecule has 0 heterocycles. The van der Waals surface area contributed by atoms with Gasteiger partial charge in [-0.1, -0.05) is 28.1 Å². The van der Waals surface area contributed by atoms with Gasteiger partial charge in [0.25, 0.3) is 0 Å². The standard InChI is InChI=1S/C17H18BrNO2.ClH/c1-3-21-17(20)14-6-4-13(5-7-14)12(2)19-16-10-8-15(18)9-11-16;/h4-12,19H,3H2,1-2H3;1H. The maximum atomic E-state index is 11.6. The van der Waals surface area contributed by atoms with Gasteiger partial charge in [-0.25, -0.2) is 4.79 Å². The van der Waals surface area contributed by atoms with E-state index in [2.05, 4.69) is 28.2 Å². The number of nitrogens with one attached hydrogen (secondary N) is 1. The van der Waals surface area contributed by atoms with Crippen LogP contribution in [0.3, 0.4) is 0 Å². The normalized spacial score (nSPS) is 11.2. The van der Waals surface area contributed by atoms with E-state index in [1.165, 1.54) is 0 Å². The molecule has 1 N–H and O–H groups in total. The van der Waals surface area contributed by atoms with Crippen LogP contribution in [-0.2, 0) is 4.74 Å². The molecule has 0 amide bonds. The molecule has 0 aliphatic rings. The van der Waals surface area contributed by atoms with Crippen molar-refractivity contribution in [1.82, 2.24) is 0 Å². The average molecular weight is 385 g/mol. The number of benzene rings is 2. The van der Waals surface area contributed by atoms with Crippen LogP contribution in [0.15, 0.2) is 53.0 Å². The van der Waals surface area contributed by atoms with E-state index in [1.54, 1.807) is 19.1 Å². The number of halogens is 2. The van der Waals surface area contributed by atoms with E-state index >= 15 is 0 Å². The van der Waals surface area contributed by atoms with Crippen LogP contribution in [0, 0.1) is 0 Å². The fourth-order valence-electron chi connectivity index (χ4n) is 2.00. The minimum atomic E-state index is -0.280. The van der Waals surface area contributed by atoms with Gasteiger partial charge in [-0.05, 0) is 55.8 Å². The number of anilines is 1. The SMILES string of the molecule is CCOC(=O)c1ccc(C(C)Nc2ccc(Br)cc2)cc1.Cl. The van der Waals surface area contributed by atoms with Crippen molar-refractivity contribution in [2.45, 2.75) is 19.9 Å². The molecule has 2 aromatic carbocycles. The van der Waals surface area contributed by atoms with Crippen molar-refractivity contribution in [3.05, 3.63) is 64.1 Å². The van der Waals surface area contributed by atoms with Gasteiger partial charge in [0.2, 0.25) is 0 Å². The number of ether oxygens (including phenoxy) is 1. The summed E-state index contributed by atoms with van der Waals surface area (Å²) < 4.78 is 6.03. The van der Waals surface area contributed by atoms with Crippen LogP contribution in [0.2, 0.25) is 0 Å². The van der Waals surface area contributed by atoms with E-state index in [4.69, 9.17) is 4.74 Å². The van der Waals surface area contributed by atoms with Crippen molar-refractivity contribution in [1.29, 1.82) is 0 Å². The molecule has 0 spiro atoms. The molecular formula is C17H19BrClNO2. The van der Waals surface area contributed by atoms with Gasteiger partial charge in [-0.2, -0.15) is 0 Å². The molecule has 22 heavy (non-hydrogen) atoms. The molecule has 0 aromatic heterocycles. The monoisotopic (exact) mass is 383 g/mol. The van der Waals surface area contributed by atoms with E-state index in [-0.39, 0.29) is 24.4 Å². The average Bonchev–Trinajstić information content (AvgIpc) is 2.50. The first-order valence-corrected chi connectivity index (χ1v) is 7.68. The third-order valence-electron chi connectivity index (χ3n) is 3.15. The molecule has 2 rings (SSSR count). The van der Waals surface area contributed by atoms with Crippen LogP contribution in [-0.4, -0.2) is 12.6 Å². The van der Waals surface area contributed by atoms with Crippen LogP contribution in [0.5, 0.6) is 0 Å². The first-order chi connectivity index (χ1) is 10.1. The summed E-state index contributed by atoms with van der Waals surface area (Å²) in [5.74, 6) is -0.280. The summed E-state index contributed by atoms with van der Waals surface area (Å²) in [6.45, 7) is 4.28. The Morgan fingerprint density at radius 3 is 2.27 bits per heavy atom. The van der Waals surface area contributed by atoms with Gasteiger partial charge in [0.1, 0.15) is 0 Å². The Labute approximate surface area is 145 Å². The quantitative estimate of drug-likeness (QED) is 0.718. The number of hydrogen-bond donors (Lipinski definition) is 1. The Morgan fingerprint density at radius 2 is 1.73 bits per heavy atom. The second-order valence-electron chi connectivity index (χ2n) is 4.72. The van der Waals surface area contributed by atoms with Gasteiger partial charge in [-0.15, -0.1) is 12.4 Å². The lowest BCUT2D eigenvalue weighted by molar-refractivity contribution is 0.0526. The Balaban J connectivity index is 0.00000242. The van der Waals surface area contributed by atoms with Gasteiger partial charge in [0.05, 0.1) is 12.2 Å². The minimum absolute atomic E-state index is 0. The molecule has 0 aliphatic heterocycles. The zero-order chi connectivity index (χ0) is 15.2. The fraction of sp³-hybridized carbons (Fsp3) is 0.235. The molecule has 0 fully saturated rings. The predicted octanol–water partition coefficient (Wildman–Crippen LogP) is 5.22. The van der Waals surface area contributed by atoms with E-state index in [0.29, 0.717) is 12.2 Å². The second-order valence-corrected chi connectivity index (χ2v) is 5.63. The van der Waals surface area contributed by atoms with Crippen LogP contribution < -0.4 is 5.32 Å². The summed E-state index contributed by atoms with van der Waals surface area (Å²) in [6, 6.07) is 15.7. The Hall–Kier alpha value is -1.52. The summed E-state index contributed by atoms with van der Waals surface area (Å²) in [7, 11) is 0. The number of esters is 1. The van der Waals surface area contributed by atoms with Crippen molar-refractivity contribution in [2.75, 3.05) is 11.9 Å². The maximum absolute atomic E-state index is 11.6. The smallest absolute Gasteiger partial charge is 0.338 e. The van der Waals surface area contributed by atoms with Gasteiger partial charge < -0.3 is 10.1 Å². The first-order valence-electron chi connectivity index (χ1n) is 6.89.